The first-order valence-electron chi connectivity index (χ1n) is 5.05. The Morgan fingerprint density at radius 3 is 2.64 bits per heavy atom. The average molecular weight is 257 g/mol. The van der Waals surface area contributed by atoms with Crippen molar-refractivity contribution >= 4 is 15.9 Å². The lowest BCUT2D eigenvalue weighted by molar-refractivity contribution is 0.228. The largest absolute Gasteiger partial charge is 0.396 e. The molecule has 1 aromatic carbocycles. The molecule has 2 heteroatoms. The van der Waals surface area contributed by atoms with Crippen molar-refractivity contribution in [3.8, 4) is 0 Å². The third-order valence-electron chi connectivity index (χ3n) is 2.80. The van der Waals surface area contributed by atoms with E-state index in [0.29, 0.717) is 5.92 Å². The Hall–Kier alpha value is -0.340. The smallest absolute Gasteiger partial charge is 0.0502 e. The Morgan fingerprint density at radius 1 is 1.43 bits per heavy atom. The predicted molar refractivity (Wildman–Crippen MR) is 63.4 cm³/mol. The second-order valence-corrected chi connectivity index (χ2v) is 4.65. The van der Waals surface area contributed by atoms with E-state index in [1.807, 2.05) is 12.1 Å². The van der Waals surface area contributed by atoms with Gasteiger partial charge in [-0.15, -0.1) is 0 Å². The average Bonchev–Trinajstić information content (AvgIpc) is 2.19. The highest BCUT2D eigenvalue weighted by Gasteiger charge is 2.16. The summed E-state index contributed by atoms with van der Waals surface area (Å²) in [5.41, 5.74) is 1.22. The lowest BCUT2D eigenvalue weighted by atomic mass is 9.86. The van der Waals surface area contributed by atoms with Gasteiger partial charge in [0.15, 0.2) is 0 Å². The summed E-state index contributed by atoms with van der Waals surface area (Å²) < 4.78 is 1.08. The summed E-state index contributed by atoms with van der Waals surface area (Å²) in [6.45, 7) is 4.57. The molecule has 0 heterocycles. The van der Waals surface area contributed by atoms with Crippen molar-refractivity contribution in [3.63, 3.8) is 0 Å². The molecule has 1 nitrogen and oxygen atoms in total. The maximum atomic E-state index is 9.36. The number of rotatable bonds is 4. The topological polar surface area (TPSA) is 20.2 Å². The zero-order valence-corrected chi connectivity index (χ0v) is 10.3. The third-order valence-corrected chi connectivity index (χ3v) is 3.30. The Labute approximate surface area is 94.3 Å². The van der Waals surface area contributed by atoms with Crippen molar-refractivity contribution in [2.24, 2.45) is 5.92 Å². The summed E-state index contributed by atoms with van der Waals surface area (Å²) in [7, 11) is 0. The Morgan fingerprint density at radius 2 is 2.14 bits per heavy atom. The van der Waals surface area contributed by atoms with Crippen molar-refractivity contribution < 1.29 is 5.11 Å². The maximum Gasteiger partial charge on any atom is 0.0502 e. The van der Waals surface area contributed by atoms with Gasteiger partial charge in [0, 0.05) is 10.4 Å². The predicted octanol–water partition coefficient (Wildman–Crippen LogP) is 3.57. The molecule has 0 saturated heterocycles. The lowest BCUT2D eigenvalue weighted by Gasteiger charge is -2.21. The van der Waals surface area contributed by atoms with Crippen molar-refractivity contribution in [1.29, 1.82) is 0 Å². The standard InChI is InChI=1S/C12H17BrO/c1-3-9(2)12(8-14)10-5-4-6-11(13)7-10/h4-7,9,12,14H,3,8H2,1-2H3. The van der Waals surface area contributed by atoms with E-state index >= 15 is 0 Å². The van der Waals surface area contributed by atoms with E-state index in [1.54, 1.807) is 0 Å². The quantitative estimate of drug-likeness (QED) is 0.874. The molecular weight excluding hydrogens is 240 g/mol. The van der Waals surface area contributed by atoms with E-state index in [0.717, 1.165) is 10.9 Å². The van der Waals surface area contributed by atoms with E-state index in [4.69, 9.17) is 0 Å². The number of aliphatic hydroxyl groups is 1. The molecule has 1 N–H and O–H groups in total. The molecule has 0 radical (unpaired) electrons. The molecule has 0 saturated carbocycles. The van der Waals surface area contributed by atoms with Crippen molar-refractivity contribution in [2.45, 2.75) is 26.2 Å². The van der Waals surface area contributed by atoms with Crippen LogP contribution in [0.15, 0.2) is 28.7 Å². The highest BCUT2D eigenvalue weighted by Crippen LogP contribution is 2.28. The van der Waals surface area contributed by atoms with Gasteiger partial charge < -0.3 is 5.11 Å². The van der Waals surface area contributed by atoms with Crippen LogP contribution in [0.4, 0.5) is 0 Å². The summed E-state index contributed by atoms with van der Waals surface area (Å²) in [6.07, 6.45) is 1.09. The summed E-state index contributed by atoms with van der Waals surface area (Å²) >= 11 is 3.45. The van der Waals surface area contributed by atoms with E-state index in [-0.39, 0.29) is 12.5 Å². The minimum absolute atomic E-state index is 0.228. The normalized spacial score (nSPS) is 15.1. The minimum Gasteiger partial charge on any atom is -0.396 e. The fourth-order valence-electron chi connectivity index (χ4n) is 1.64. The monoisotopic (exact) mass is 256 g/mol. The summed E-state index contributed by atoms with van der Waals surface area (Å²) in [6, 6.07) is 8.20. The van der Waals surface area contributed by atoms with E-state index in [9.17, 15) is 5.11 Å². The fourth-order valence-corrected chi connectivity index (χ4v) is 2.05. The van der Waals surface area contributed by atoms with Gasteiger partial charge in [-0.2, -0.15) is 0 Å². The van der Waals surface area contributed by atoms with Crippen LogP contribution < -0.4 is 0 Å². The summed E-state index contributed by atoms with van der Waals surface area (Å²) in [5.74, 6) is 0.784. The maximum absolute atomic E-state index is 9.36. The first kappa shape index (κ1) is 11.7. The first-order valence-corrected chi connectivity index (χ1v) is 5.84. The van der Waals surface area contributed by atoms with Crippen molar-refractivity contribution in [2.75, 3.05) is 6.61 Å². The first-order chi connectivity index (χ1) is 6.69. The zero-order chi connectivity index (χ0) is 10.6. The van der Waals surface area contributed by atoms with Gasteiger partial charge in [0.05, 0.1) is 6.61 Å². The Kier molecular flexibility index (Phi) is 4.63. The van der Waals surface area contributed by atoms with Crippen LogP contribution in [-0.2, 0) is 0 Å². The molecule has 1 rings (SSSR count). The van der Waals surface area contributed by atoms with Gasteiger partial charge in [0.25, 0.3) is 0 Å². The van der Waals surface area contributed by atoms with Crippen LogP contribution in [0.3, 0.4) is 0 Å². The van der Waals surface area contributed by atoms with Crippen LogP contribution in [-0.4, -0.2) is 11.7 Å². The van der Waals surface area contributed by atoms with Crippen LogP contribution >= 0.6 is 15.9 Å². The second kappa shape index (κ2) is 5.52. The molecule has 0 aliphatic rings. The molecule has 78 valence electrons. The summed E-state index contributed by atoms with van der Waals surface area (Å²) in [4.78, 5) is 0. The SMILES string of the molecule is CCC(C)C(CO)c1cccc(Br)c1. The molecule has 0 amide bonds. The lowest BCUT2D eigenvalue weighted by Crippen LogP contribution is -2.13. The number of hydrogen-bond acceptors (Lipinski definition) is 1. The molecule has 2 atom stereocenters. The van der Waals surface area contributed by atoms with Crippen LogP contribution in [0.2, 0.25) is 0 Å². The molecular formula is C12H17BrO. The minimum atomic E-state index is 0.228. The van der Waals surface area contributed by atoms with Crippen LogP contribution in [0, 0.1) is 5.92 Å². The number of aliphatic hydroxyl groups excluding tert-OH is 1. The molecule has 0 spiro atoms. The molecule has 14 heavy (non-hydrogen) atoms. The van der Waals surface area contributed by atoms with Gasteiger partial charge in [0.1, 0.15) is 0 Å². The van der Waals surface area contributed by atoms with Gasteiger partial charge in [-0.05, 0) is 23.6 Å². The number of hydrogen-bond donors (Lipinski definition) is 1. The fraction of sp³-hybridized carbons (Fsp3) is 0.500. The van der Waals surface area contributed by atoms with Gasteiger partial charge >= 0.3 is 0 Å². The molecule has 2 unspecified atom stereocenters. The van der Waals surface area contributed by atoms with Crippen LogP contribution in [0.5, 0.6) is 0 Å². The van der Waals surface area contributed by atoms with Gasteiger partial charge in [-0.1, -0.05) is 48.3 Å². The zero-order valence-electron chi connectivity index (χ0n) is 8.70. The van der Waals surface area contributed by atoms with E-state index in [2.05, 4.69) is 41.9 Å². The van der Waals surface area contributed by atoms with Gasteiger partial charge in [-0.3, -0.25) is 0 Å². The third kappa shape index (κ3) is 2.82. The summed E-state index contributed by atoms with van der Waals surface area (Å²) in [5, 5.41) is 9.36. The molecule has 0 aromatic heterocycles. The Balaban J connectivity index is 2.89. The highest BCUT2D eigenvalue weighted by molar-refractivity contribution is 9.10. The second-order valence-electron chi connectivity index (χ2n) is 3.73. The Bertz CT molecular complexity index is 285. The molecule has 0 fully saturated rings. The molecule has 0 bridgehead atoms. The number of benzene rings is 1. The van der Waals surface area contributed by atoms with Crippen molar-refractivity contribution in [1.82, 2.24) is 0 Å². The van der Waals surface area contributed by atoms with Crippen LogP contribution in [0.1, 0.15) is 31.7 Å². The van der Waals surface area contributed by atoms with Gasteiger partial charge in [-0.25, -0.2) is 0 Å². The van der Waals surface area contributed by atoms with Gasteiger partial charge in [0.2, 0.25) is 0 Å². The molecule has 1 aromatic rings. The number of halogens is 1. The van der Waals surface area contributed by atoms with E-state index in [1.165, 1.54) is 5.56 Å². The van der Waals surface area contributed by atoms with E-state index < -0.39 is 0 Å². The van der Waals surface area contributed by atoms with Crippen LogP contribution in [0.25, 0.3) is 0 Å². The molecule has 0 aliphatic carbocycles. The highest BCUT2D eigenvalue weighted by atomic mass is 79.9. The van der Waals surface area contributed by atoms with Crippen molar-refractivity contribution in [3.05, 3.63) is 34.3 Å². The molecule has 0 aliphatic heterocycles.